The third-order valence-corrected chi connectivity index (χ3v) is 4.12. The van der Waals surface area contributed by atoms with Crippen LogP contribution in [0, 0.1) is 5.92 Å². The van der Waals surface area contributed by atoms with E-state index >= 15 is 0 Å². The molecule has 2 rings (SSSR count). The smallest absolute Gasteiger partial charge is 0.238 e. The van der Waals surface area contributed by atoms with Crippen LogP contribution in [0.1, 0.15) is 19.8 Å². The van der Waals surface area contributed by atoms with Gasteiger partial charge in [0, 0.05) is 30.9 Å². The highest BCUT2D eigenvalue weighted by molar-refractivity contribution is 5.92. The molecule has 0 saturated carbocycles. The van der Waals surface area contributed by atoms with Crippen LogP contribution >= 0.6 is 0 Å². The molecule has 1 aromatic rings. The highest BCUT2D eigenvalue weighted by atomic mass is 16.5. The molecule has 0 radical (unpaired) electrons. The number of nitrogens with two attached hydrogens (primary N) is 1. The number of hydrogen-bond acceptors (Lipinski definition) is 4. The third kappa shape index (κ3) is 4.44. The largest absolute Gasteiger partial charge is 0.497 e. The van der Waals surface area contributed by atoms with Crippen LogP contribution in [-0.2, 0) is 4.79 Å². The molecule has 1 aliphatic heterocycles. The van der Waals surface area contributed by atoms with E-state index in [0.717, 1.165) is 37.4 Å². The Morgan fingerprint density at radius 1 is 1.52 bits per heavy atom. The Hall–Kier alpha value is -1.59. The number of rotatable bonds is 5. The molecule has 116 valence electrons. The summed E-state index contributed by atoms with van der Waals surface area (Å²) in [6, 6.07) is 7.67. The first-order chi connectivity index (χ1) is 10.1. The summed E-state index contributed by atoms with van der Waals surface area (Å²) in [5.74, 6) is 1.24. The molecule has 2 unspecified atom stereocenters. The number of carbonyl (C=O) groups is 1. The van der Waals surface area contributed by atoms with E-state index in [4.69, 9.17) is 10.5 Å². The number of hydrogen-bond donors (Lipinski definition) is 2. The quantitative estimate of drug-likeness (QED) is 0.866. The molecule has 1 heterocycles. The van der Waals surface area contributed by atoms with E-state index < -0.39 is 0 Å². The third-order valence-electron chi connectivity index (χ3n) is 4.12. The van der Waals surface area contributed by atoms with Crippen LogP contribution in [0.2, 0.25) is 0 Å². The Morgan fingerprint density at radius 2 is 2.33 bits per heavy atom. The zero-order valence-electron chi connectivity index (χ0n) is 12.8. The van der Waals surface area contributed by atoms with Gasteiger partial charge in [-0.25, -0.2) is 0 Å². The Balaban J connectivity index is 1.86. The van der Waals surface area contributed by atoms with Gasteiger partial charge in [0.2, 0.25) is 5.91 Å². The zero-order chi connectivity index (χ0) is 15.2. The maximum absolute atomic E-state index is 12.1. The molecule has 1 fully saturated rings. The Labute approximate surface area is 126 Å². The number of methoxy groups -OCH3 is 1. The summed E-state index contributed by atoms with van der Waals surface area (Å²) in [4.78, 5) is 14.3. The summed E-state index contributed by atoms with van der Waals surface area (Å²) in [6.07, 6.45) is 2.03. The molecule has 5 heteroatoms. The standard InChI is InChI=1S/C16H25N3O2/c1-3-12-10-19(8-7-15(12)17)11-16(20)18-13-5-4-6-14(9-13)21-2/h4-6,9,12,15H,3,7-8,10-11,17H2,1-2H3,(H,18,20). The van der Waals surface area contributed by atoms with Gasteiger partial charge < -0.3 is 15.8 Å². The van der Waals surface area contributed by atoms with Crippen molar-refractivity contribution in [2.24, 2.45) is 11.7 Å². The molecule has 1 saturated heterocycles. The summed E-state index contributed by atoms with van der Waals surface area (Å²) < 4.78 is 5.15. The van der Waals surface area contributed by atoms with Gasteiger partial charge in [0.1, 0.15) is 5.75 Å². The minimum atomic E-state index is 0.00794. The number of nitrogens with one attached hydrogen (secondary N) is 1. The number of piperidine rings is 1. The van der Waals surface area contributed by atoms with Crippen LogP contribution in [0.4, 0.5) is 5.69 Å². The molecule has 0 bridgehead atoms. The van der Waals surface area contributed by atoms with E-state index in [-0.39, 0.29) is 11.9 Å². The second-order valence-electron chi connectivity index (χ2n) is 5.64. The van der Waals surface area contributed by atoms with Gasteiger partial charge in [0.15, 0.2) is 0 Å². The Bertz CT molecular complexity index is 478. The second-order valence-corrected chi connectivity index (χ2v) is 5.64. The number of likely N-dealkylation sites (tertiary alicyclic amines) is 1. The molecule has 3 N–H and O–H groups in total. The zero-order valence-corrected chi connectivity index (χ0v) is 12.8. The van der Waals surface area contributed by atoms with Crippen molar-refractivity contribution in [3.8, 4) is 5.75 Å². The van der Waals surface area contributed by atoms with Crippen LogP contribution in [0.15, 0.2) is 24.3 Å². The minimum Gasteiger partial charge on any atom is -0.497 e. The fourth-order valence-electron chi connectivity index (χ4n) is 2.81. The van der Waals surface area contributed by atoms with Gasteiger partial charge in [-0.05, 0) is 24.5 Å². The Morgan fingerprint density at radius 3 is 3.05 bits per heavy atom. The first kappa shape index (κ1) is 15.8. The molecule has 1 aliphatic rings. The van der Waals surface area contributed by atoms with Gasteiger partial charge in [-0.1, -0.05) is 19.4 Å². The maximum atomic E-state index is 12.1. The number of benzene rings is 1. The first-order valence-corrected chi connectivity index (χ1v) is 7.54. The summed E-state index contributed by atoms with van der Waals surface area (Å²) in [6.45, 7) is 4.37. The fraction of sp³-hybridized carbons (Fsp3) is 0.562. The van der Waals surface area contributed by atoms with E-state index in [1.54, 1.807) is 7.11 Å². The van der Waals surface area contributed by atoms with Crippen LogP contribution in [0.25, 0.3) is 0 Å². The molecular weight excluding hydrogens is 266 g/mol. The van der Waals surface area contributed by atoms with Crippen molar-refractivity contribution >= 4 is 11.6 Å². The van der Waals surface area contributed by atoms with E-state index in [1.807, 2.05) is 24.3 Å². The van der Waals surface area contributed by atoms with Gasteiger partial charge in [0.05, 0.1) is 13.7 Å². The van der Waals surface area contributed by atoms with Crippen LogP contribution < -0.4 is 15.8 Å². The van der Waals surface area contributed by atoms with Crippen LogP contribution in [-0.4, -0.2) is 43.6 Å². The fourth-order valence-corrected chi connectivity index (χ4v) is 2.81. The van der Waals surface area contributed by atoms with Crippen molar-refractivity contribution in [2.45, 2.75) is 25.8 Å². The summed E-state index contributed by atoms with van der Waals surface area (Å²) >= 11 is 0. The maximum Gasteiger partial charge on any atom is 0.238 e. The van der Waals surface area contributed by atoms with Crippen LogP contribution in [0.5, 0.6) is 5.75 Å². The summed E-state index contributed by atoms with van der Waals surface area (Å²) in [5, 5.41) is 2.92. The molecule has 1 aromatic carbocycles. The SMILES string of the molecule is CCC1CN(CC(=O)Nc2cccc(OC)c2)CCC1N. The highest BCUT2D eigenvalue weighted by Gasteiger charge is 2.26. The summed E-state index contributed by atoms with van der Waals surface area (Å²) in [7, 11) is 1.61. The van der Waals surface area contributed by atoms with Crippen molar-refractivity contribution in [2.75, 3.05) is 32.1 Å². The van der Waals surface area contributed by atoms with Crippen LogP contribution in [0.3, 0.4) is 0 Å². The van der Waals surface area contributed by atoms with Crippen molar-refractivity contribution in [3.63, 3.8) is 0 Å². The molecule has 0 aliphatic carbocycles. The van der Waals surface area contributed by atoms with E-state index in [0.29, 0.717) is 12.5 Å². The molecule has 0 spiro atoms. The van der Waals surface area contributed by atoms with Gasteiger partial charge >= 0.3 is 0 Å². The second kappa shape index (κ2) is 7.43. The molecule has 2 atom stereocenters. The van der Waals surface area contributed by atoms with Crippen molar-refractivity contribution < 1.29 is 9.53 Å². The normalized spacial score (nSPS) is 22.8. The lowest BCUT2D eigenvalue weighted by Crippen LogP contribution is -2.48. The lowest BCUT2D eigenvalue weighted by molar-refractivity contribution is -0.117. The number of carbonyl (C=O) groups excluding carboxylic acids is 1. The lowest BCUT2D eigenvalue weighted by atomic mass is 9.91. The predicted octanol–water partition coefficient (Wildman–Crippen LogP) is 1.69. The minimum absolute atomic E-state index is 0.00794. The topological polar surface area (TPSA) is 67.6 Å². The van der Waals surface area contributed by atoms with Crippen molar-refractivity contribution in [1.82, 2.24) is 4.90 Å². The first-order valence-electron chi connectivity index (χ1n) is 7.54. The number of anilines is 1. The molecular formula is C16H25N3O2. The van der Waals surface area contributed by atoms with Gasteiger partial charge in [0.25, 0.3) is 0 Å². The van der Waals surface area contributed by atoms with Crippen molar-refractivity contribution in [1.29, 1.82) is 0 Å². The average Bonchev–Trinajstić information content (AvgIpc) is 2.49. The molecule has 21 heavy (non-hydrogen) atoms. The number of ether oxygens (including phenoxy) is 1. The van der Waals surface area contributed by atoms with Gasteiger partial charge in [-0.15, -0.1) is 0 Å². The number of nitrogens with zero attached hydrogens (tertiary/aromatic N) is 1. The summed E-state index contributed by atoms with van der Waals surface area (Å²) in [5.41, 5.74) is 6.86. The molecule has 1 amide bonds. The highest BCUT2D eigenvalue weighted by Crippen LogP contribution is 2.19. The lowest BCUT2D eigenvalue weighted by Gasteiger charge is -2.36. The Kier molecular flexibility index (Phi) is 5.59. The molecule has 5 nitrogen and oxygen atoms in total. The van der Waals surface area contributed by atoms with Gasteiger partial charge in [-0.3, -0.25) is 9.69 Å². The average molecular weight is 291 g/mol. The molecule has 0 aromatic heterocycles. The van der Waals surface area contributed by atoms with Crippen molar-refractivity contribution in [3.05, 3.63) is 24.3 Å². The van der Waals surface area contributed by atoms with E-state index in [1.165, 1.54) is 0 Å². The monoisotopic (exact) mass is 291 g/mol. The number of amides is 1. The van der Waals surface area contributed by atoms with E-state index in [9.17, 15) is 4.79 Å². The predicted molar refractivity (Wildman–Crippen MR) is 84.4 cm³/mol. The van der Waals surface area contributed by atoms with E-state index in [2.05, 4.69) is 17.1 Å². The van der Waals surface area contributed by atoms with Gasteiger partial charge in [-0.2, -0.15) is 0 Å².